The number of nitrogen functional groups attached to an aromatic ring is 1. The van der Waals surface area contributed by atoms with Crippen LogP contribution in [0.3, 0.4) is 0 Å². The van der Waals surface area contributed by atoms with Crippen molar-refractivity contribution in [2.45, 2.75) is 4.90 Å². The summed E-state index contributed by atoms with van der Waals surface area (Å²) in [5, 5.41) is 0.294. The normalized spacial score (nSPS) is 11.5. The number of nitrogens with two attached hydrogens (primary N) is 1. The fourth-order valence-electron chi connectivity index (χ4n) is 1.80. The van der Waals surface area contributed by atoms with Gasteiger partial charge >= 0.3 is 0 Å². The third kappa shape index (κ3) is 2.66. The zero-order valence-corrected chi connectivity index (χ0v) is 12.3. The number of hydrogen-bond donors (Lipinski definition) is 3. The number of nitrogens with zero attached hydrogens (tertiary/aromatic N) is 2. The van der Waals surface area contributed by atoms with Gasteiger partial charge in [-0.3, -0.25) is 15.5 Å². The van der Waals surface area contributed by atoms with Crippen LogP contribution in [-0.4, -0.2) is 18.4 Å². The van der Waals surface area contributed by atoms with Gasteiger partial charge in [0, 0.05) is 12.4 Å². The highest BCUT2D eigenvalue weighted by Gasteiger charge is 2.20. The minimum atomic E-state index is -3.81. The highest BCUT2D eigenvalue weighted by Crippen LogP contribution is 2.28. The number of sulfonamides is 1. The number of fused-ring (bicyclic) bond motifs is 1. The molecule has 2 heterocycles. The molecule has 1 aromatic carbocycles. The molecule has 0 unspecified atom stereocenters. The first-order chi connectivity index (χ1) is 10.1. The lowest BCUT2D eigenvalue weighted by Gasteiger charge is -2.09. The third-order valence-electron chi connectivity index (χ3n) is 2.75. The van der Waals surface area contributed by atoms with Crippen LogP contribution in [0.25, 0.3) is 10.2 Å². The third-order valence-corrected chi connectivity index (χ3v) is 5.19. The Morgan fingerprint density at radius 1 is 1.19 bits per heavy atom. The van der Waals surface area contributed by atoms with Gasteiger partial charge in [-0.15, -0.1) is 0 Å². The number of anilines is 2. The van der Waals surface area contributed by atoms with Crippen LogP contribution in [0.2, 0.25) is 0 Å². The van der Waals surface area contributed by atoms with Crippen LogP contribution in [0.1, 0.15) is 0 Å². The average Bonchev–Trinajstić information content (AvgIpc) is 2.88. The van der Waals surface area contributed by atoms with Gasteiger partial charge in [0.1, 0.15) is 4.90 Å². The summed E-state index contributed by atoms with van der Waals surface area (Å²) in [7, 11) is -3.81. The molecule has 0 radical (unpaired) electrons. The molecule has 21 heavy (non-hydrogen) atoms. The van der Waals surface area contributed by atoms with Crippen molar-refractivity contribution in [3.05, 3.63) is 42.7 Å². The number of hydrazine groups is 1. The molecule has 4 N–H and O–H groups in total. The molecule has 0 amide bonds. The minimum Gasteiger partial charge on any atom is -0.323 e. The van der Waals surface area contributed by atoms with Crippen LogP contribution in [0.5, 0.6) is 0 Å². The number of benzene rings is 1. The number of thiazole rings is 1. The molecule has 7 nitrogen and oxygen atoms in total. The average molecular weight is 321 g/mol. The van der Waals surface area contributed by atoms with Gasteiger partial charge in [-0.25, -0.2) is 13.4 Å². The van der Waals surface area contributed by atoms with Crippen LogP contribution in [0, 0.1) is 0 Å². The van der Waals surface area contributed by atoms with Crippen molar-refractivity contribution in [2.24, 2.45) is 5.84 Å². The van der Waals surface area contributed by atoms with E-state index in [9.17, 15) is 8.42 Å². The summed E-state index contributed by atoms with van der Waals surface area (Å²) in [5.74, 6) is 5.32. The van der Waals surface area contributed by atoms with Gasteiger partial charge in [-0.2, -0.15) is 0 Å². The molecule has 0 saturated carbocycles. The second kappa shape index (κ2) is 5.28. The molecule has 0 fully saturated rings. The summed E-state index contributed by atoms with van der Waals surface area (Å²) >= 11 is 1.26. The van der Waals surface area contributed by atoms with Crippen molar-refractivity contribution < 1.29 is 8.42 Å². The fourth-order valence-corrected chi connectivity index (χ4v) is 4.01. The number of hydrogen-bond acceptors (Lipinski definition) is 7. The Bertz CT molecular complexity index is 858. The van der Waals surface area contributed by atoms with Gasteiger partial charge in [0.15, 0.2) is 5.13 Å². The van der Waals surface area contributed by atoms with Gasteiger partial charge in [-0.1, -0.05) is 23.5 Å². The zero-order valence-electron chi connectivity index (χ0n) is 10.6. The Kier molecular flexibility index (Phi) is 3.45. The summed E-state index contributed by atoms with van der Waals surface area (Å²) in [6.45, 7) is 0. The van der Waals surface area contributed by atoms with E-state index in [1.165, 1.54) is 29.8 Å². The molecule has 3 aromatic rings. The molecular formula is C12H11N5O2S2. The van der Waals surface area contributed by atoms with E-state index < -0.39 is 10.0 Å². The van der Waals surface area contributed by atoms with Crippen molar-refractivity contribution >= 4 is 42.4 Å². The summed E-state index contributed by atoms with van der Waals surface area (Å²) in [6.07, 6.45) is 2.68. The van der Waals surface area contributed by atoms with E-state index in [1.807, 2.05) is 24.3 Å². The SMILES string of the molecule is NNc1ccncc1S(=O)(=O)Nc1nc2ccccc2s1. The molecule has 9 heteroatoms. The van der Waals surface area contributed by atoms with E-state index in [4.69, 9.17) is 5.84 Å². The second-order valence-electron chi connectivity index (χ2n) is 4.11. The Labute approximate surface area is 124 Å². The molecule has 108 valence electrons. The maximum Gasteiger partial charge on any atom is 0.267 e. The molecule has 0 aliphatic carbocycles. The van der Waals surface area contributed by atoms with Gasteiger partial charge < -0.3 is 5.43 Å². The molecule has 0 aliphatic heterocycles. The summed E-state index contributed by atoms with van der Waals surface area (Å²) < 4.78 is 28.1. The van der Waals surface area contributed by atoms with Gasteiger partial charge in [0.2, 0.25) is 0 Å². The van der Waals surface area contributed by atoms with Crippen LogP contribution in [0.4, 0.5) is 10.8 Å². The first-order valence-electron chi connectivity index (χ1n) is 5.89. The van der Waals surface area contributed by atoms with Crippen molar-refractivity contribution in [1.29, 1.82) is 0 Å². The number of rotatable bonds is 4. The fraction of sp³-hybridized carbons (Fsp3) is 0. The molecule has 3 rings (SSSR count). The second-order valence-corrected chi connectivity index (χ2v) is 6.79. The van der Waals surface area contributed by atoms with Gasteiger partial charge in [0.05, 0.1) is 15.9 Å². The molecule has 2 aromatic heterocycles. The maximum absolute atomic E-state index is 12.4. The smallest absolute Gasteiger partial charge is 0.267 e. The van der Waals surface area contributed by atoms with Crippen LogP contribution < -0.4 is 16.0 Å². The van der Waals surface area contributed by atoms with E-state index in [1.54, 1.807) is 0 Å². The van der Waals surface area contributed by atoms with Crippen LogP contribution in [-0.2, 0) is 10.0 Å². The van der Waals surface area contributed by atoms with Crippen molar-refractivity contribution in [3.8, 4) is 0 Å². The highest BCUT2D eigenvalue weighted by atomic mass is 32.2. The number of nitrogens with one attached hydrogen (secondary N) is 2. The lowest BCUT2D eigenvalue weighted by molar-refractivity contribution is 0.601. The van der Waals surface area contributed by atoms with Crippen molar-refractivity contribution in [2.75, 3.05) is 10.1 Å². The zero-order chi connectivity index (χ0) is 14.9. The lowest BCUT2D eigenvalue weighted by atomic mass is 10.3. The summed E-state index contributed by atoms with van der Waals surface area (Å²) in [6, 6.07) is 8.89. The van der Waals surface area contributed by atoms with Crippen LogP contribution in [0.15, 0.2) is 47.6 Å². The van der Waals surface area contributed by atoms with E-state index in [0.717, 1.165) is 10.2 Å². The number of para-hydroxylation sites is 1. The Hall–Kier alpha value is -2.23. The van der Waals surface area contributed by atoms with E-state index >= 15 is 0 Å². The standard InChI is InChI=1S/C12H11N5O2S2/c13-16-9-5-6-14-7-11(9)21(18,19)17-12-15-8-3-1-2-4-10(8)20-12/h1-7H,13H2,(H,14,16)(H,15,17). The topological polar surface area (TPSA) is 110 Å². The van der Waals surface area contributed by atoms with E-state index in [-0.39, 0.29) is 10.6 Å². The molecule has 0 bridgehead atoms. The Morgan fingerprint density at radius 3 is 2.76 bits per heavy atom. The molecular weight excluding hydrogens is 310 g/mol. The predicted molar refractivity (Wildman–Crippen MR) is 82.5 cm³/mol. The van der Waals surface area contributed by atoms with Gasteiger partial charge in [-0.05, 0) is 18.2 Å². The maximum atomic E-state index is 12.4. The number of pyridine rings is 1. The summed E-state index contributed by atoms with van der Waals surface area (Å²) in [4.78, 5) is 8.01. The van der Waals surface area contributed by atoms with Crippen LogP contribution >= 0.6 is 11.3 Å². The monoisotopic (exact) mass is 321 g/mol. The quantitative estimate of drug-likeness (QED) is 0.499. The van der Waals surface area contributed by atoms with Crippen molar-refractivity contribution in [1.82, 2.24) is 9.97 Å². The summed E-state index contributed by atoms with van der Waals surface area (Å²) in [5.41, 5.74) is 3.34. The Morgan fingerprint density at radius 2 is 2.00 bits per heavy atom. The van der Waals surface area contributed by atoms with Crippen molar-refractivity contribution in [3.63, 3.8) is 0 Å². The van der Waals surface area contributed by atoms with E-state index in [0.29, 0.717) is 5.13 Å². The highest BCUT2D eigenvalue weighted by molar-refractivity contribution is 7.93. The first kappa shape index (κ1) is 13.7. The number of aromatic nitrogens is 2. The predicted octanol–water partition coefficient (Wildman–Crippen LogP) is 1.78. The lowest BCUT2D eigenvalue weighted by Crippen LogP contribution is -2.17. The van der Waals surface area contributed by atoms with Gasteiger partial charge in [0.25, 0.3) is 10.0 Å². The molecule has 0 atom stereocenters. The minimum absolute atomic E-state index is 0.0354. The first-order valence-corrected chi connectivity index (χ1v) is 8.19. The molecule has 0 saturated heterocycles. The largest absolute Gasteiger partial charge is 0.323 e. The molecule has 0 spiro atoms. The Balaban J connectivity index is 1.99. The molecule has 0 aliphatic rings. The van der Waals surface area contributed by atoms with E-state index in [2.05, 4.69) is 20.1 Å².